The van der Waals surface area contributed by atoms with Crippen LogP contribution in [0.4, 0.5) is 5.69 Å². The highest BCUT2D eigenvalue weighted by atomic mass is 32.1. The van der Waals surface area contributed by atoms with Gasteiger partial charge in [-0.1, -0.05) is 48.6 Å². The summed E-state index contributed by atoms with van der Waals surface area (Å²) in [5, 5.41) is 5.95. The molecule has 0 bridgehead atoms. The first kappa shape index (κ1) is 17.6. The smallest absolute Gasteiger partial charge is 0.346 e. The standard InChI is InChI=1S/C19H17N3O3S/c1-2-25-19(24)15-16(17(26)20-13-9-5-3-6-10-13)21-22(18(15)23)14-11-7-4-8-12-14/h3-12,21H,2H2,1H3,(H,20,26). The van der Waals surface area contributed by atoms with E-state index in [1.807, 2.05) is 36.4 Å². The summed E-state index contributed by atoms with van der Waals surface area (Å²) in [5.74, 6) is -0.712. The third-order valence-electron chi connectivity index (χ3n) is 3.64. The van der Waals surface area contributed by atoms with Crippen molar-refractivity contribution in [1.29, 1.82) is 0 Å². The van der Waals surface area contributed by atoms with Gasteiger partial charge in [0, 0.05) is 5.69 Å². The number of anilines is 1. The number of aromatic amines is 1. The van der Waals surface area contributed by atoms with E-state index in [1.165, 1.54) is 4.68 Å². The van der Waals surface area contributed by atoms with E-state index >= 15 is 0 Å². The van der Waals surface area contributed by atoms with Crippen LogP contribution < -0.4 is 10.9 Å². The zero-order chi connectivity index (χ0) is 18.5. The molecular weight excluding hydrogens is 350 g/mol. The molecule has 0 aliphatic heterocycles. The molecule has 2 aromatic carbocycles. The van der Waals surface area contributed by atoms with Crippen LogP contribution in [0.15, 0.2) is 65.5 Å². The van der Waals surface area contributed by atoms with Gasteiger partial charge >= 0.3 is 5.97 Å². The quantitative estimate of drug-likeness (QED) is 0.535. The van der Waals surface area contributed by atoms with Crippen molar-refractivity contribution in [1.82, 2.24) is 9.78 Å². The lowest BCUT2D eigenvalue weighted by Gasteiger charge is -2.08. The highest BCUT2D eigenvalue weighted by Gasteiger charge is 2.25. The second-order valence-electron chi connectivity index (χ2n) is 5.38. The number of rotatable bonds is 5. The number of nitrogens with one attached hydrogen (secondary N) is 2. The number of hydrogen-bond donors (Lipinski definition) is 2. The number of carbonyl (C=O) groups excluding carboxylic acids is 1. The number of thiocarbonyl (C=S) groups is 1. The molecule has 3 rings (SSSR count). The lowest BCUT2D eigenvalue weighted by atomic mass is 10.2. The van der Waals surface area contributed by atoms with Crippen LogP contribution in [0, 0.1) is 0 Å². The SMILES string of the molecule is CCOC(=O)c1c(C(=S)Nc2ccccc2)[nH]n(-c2ccccc2)c1=O. The maximum atomic E-state index is 12.8. The van der Waals surface area contributed by atoms with Crippen LogP contribution in [-0.4, -0.2) is 27.3 Å². The summed E-state index contributed by atoms with van der Waals surface area (Å²) in [6.45, 7) is 1.84. The second-order valence-corrected chi connectivity index (χ2v) is 5.79. The van der Waals surface area contributed by atoms with Crippen molar-refractivity contribution in [2.24, 2.45) is 0 Å². The second kappa shape index (κ2) is 7.79. The van der Waals surface area contributed by atoms with Gasteiger partial charge < -0.3 is 10.1 Å². The van der Waals surface area contributed by atoms with Gasteiger partial charge in [0.25, 0.3) is 5.56 Å². The number of hydrogen-bond acceptors (Lipinski definition) is 4. The number of nitrogens with zero attached hydrogens (tertiary/aromatic N) is 1. The highest BCUT2D eigenvalue weighted by Crippen LogP contribution is 2.13. The maximum Gasteiger partial charge on any atom is 0.346 e. The lowest BCUT2D eigenvalue weighted by Crippen LogP contribution is -2.23. The van der Waals surface area contributed by atoms with Crippen molar-refractivity contribution in [2.75, 3.05) is 11.9 Å². The number of carbonyl (C=O) groups is 1. The number of para-hydroxylation sites is 2. The molecule has 0 saturated heterocycles. The van der Waals surface area contributed by atoms with E-state index in [-0.39, 0.29) is 22.9 Å². The molecule has 0 radical (unpaired) electrons. The predicted molar refractivity (Wildman–Crippen MR) is 104 cm³/mol. The van der Waals surface area contributed by atoms with Gasteiger partial charge in [-0.25, -0.2) is 9.48 Å². The Kier molecular flexibility index (Phi) is 5.28. The first-order valence-corrected chi connectivity index (χ1v) is 8.46. The Hall–Kier alpha value is -3.19. The van der Waals surface area contributed by atoms with Crippen molar-refractivity contribution in [2.45, 2.75) is 6.92 Å². The fourth-order valence-corrected chi connectivity index (χ4v) is 2.73. The first-order chi connectivity index (χ1) is 12.6. The minimum absolute atomic E-state index is 0.121. The van der Waals surface area contributed by atoms with Gasteiger partial charge in [0.05, 0.1) is 12.3 Å². The maximum absolute atomic E-state index is 12.8. The summed E-state index contributed by atoms with van der Waals surface area (Å²) >= 11 is 5.41. The summed E-state index contributed by atoms with van der Waals surface area (Å²) in [6.07, 6.45) is 0. The van der Waals surface area contributed by atoms with Crippen molar-refractivity contribution in [3.05, 3.63) is 82.3 Å². The number of aromatic nitrogens is 2. The van der Waals surface area contributed by atoms with Gasteiger partial charge in [-0.15, -0.1) is 0 Å². The number of benzene rings is 2. The van der Waals surface area contributed by atoms with Gasteiger partial charge in [-0.3, -0.25) is 9.89 Å². The predicted octanol–water partition coefficient (Wildman–Crippen LogP) is 3.13. The molecule has 26 heavy (non-hydrogen) atoms. The summed E-state index contributed by atoms with van der Waals surface area (Å²) in [7, 11) is 0. The molecule has 1 aromatic heterocycles. The Morgan fingerprint density at radius 3 is 2.35 bits per heavy atom. The molecule has 1 heterocycles. The average Bonchev–Trinajstić information content (AvgIpc) is 3.01. The van der Waals surface area contributed by atoms with Gasteiger partial charge in [0.1, 0.15) is 10.7 Å². The van der Waals surface area contributed by atoms with Gasteiger partial charge in [0.2, 0.25) is 0 Å². The van der Waals surface area contributed by atoms with E-state index in [2.05, 4.69) is 10.4 Å². The molecule has 2 N–H and O–H groups in total. The van der Waals surface area contributed by atoms with Gasteiger partial charge in [-0.2, -0.15) is 0 Å². The van der Waals surface area contributed by atoms with Crippen LogP contribution in [0.25, 0.3) is 5.69 Å². The Morgan fingerprint density at radius 2 is 1.73 bits per heavy atom. The molecule has 7 heteroatoms. The largest absolute Gasteiger partial charge is 0.462 e. The summed E-state index contributed by atoms with van der Waals surface area (Å²) < 4.78 is 6.32. The van der Waals surface area contributed by atoms with Crippen molar-refractivity contribution >= 4 is 28.9 Å². The van der Waals surface area contributed by atoms with E-state index in [9.17, 15) is 9.59 Å². The monoisotopic (exact) mass is 367 g/mol. The zero-order valence-electron chi connectivity index (χ0n) is 14.1. The van der Waals surface area contributed by atoms with Crippen LogP contribution in [0.5, 0.6) is 0 Å². The molecule has 6 nitrogen and oxygen atoms in total. The Balaban J connectivity index is 2.06. The van der Waals surface area contributed by atoms with Crippen molar-refractivity contribution in [3.8, 4) is 5.69 Å². The molecule has 0 amide bonds. The van der Waals surface area contributed by atoms with Crippen molar-refractivity contribution < 1.29 is 9.53 Å². The molecule has 0 spiro atoms. The Bertz CT molecular complexity index is 978. The molecule has 0 saturated carbocycles. The van der Waals surface area contributed by atoms with Crippen LogP contribution in [0.2, 0.25) is 0 Å². The van der Waals surface area contributed by atoms with Gasteiger partial charge in [0.15, 0.2) is 5.56 Å². The van der Waals surface area contributed by atoms with E-state index < -0.39 is 11.5 Å². The molecule has 0 aliphatic carbocycles. The highest BCUT2D eigenvalue weighted by molar-refractivity contribution is 7.81. The molecule has 132 valence electrons. The molecule has 0 fully saturated rings. The van der Waals surface area contributed by atoms with E-state index in [4.69, 9.17) is 17.0 Å². The molecule has 0 unspecified atom stereocenters. The Labute approximate surface area is 155 Å². The molecule has 3 aromatic rings. The van der Waals surface area contributed by atoms with Crippen LogP contribution in [-0.2, 0) is 4.74 Å². The minimum atomic E-state index is -0.712. The number of ether oxygens (including phenoxy) is 1. The van der Waals surface area contributed by atoms with E-state index in [0.717, 1.165) is 5.69 Å². The van der Waals surface area contributed by atoms with E-state index in [1.54, 1.807) is 31.2 Å². The number of esters is 1. The molecule has 0 atom stereocenters. The fraction of sp³-hybridized carbons (Fsp3) is 0.105. The topological polar surface area (TPSA) is 76.1 Å². The molecular formula is C19H17N3O3S. The van der Waals surface area contributed by atoms with E-state index in [0.29, 0.717) is 5.69 Å². The third kappa shape index (κ3) is 3.57. The van der Waals surface area contributed by atoms with Gasteiger partial charge in [-0.05, 0) is 31.2 Å². The minimum Gasteiger partial charge on any atom is -0.462 e. The van der Waals surface area contributed by atoms with Crippen LogP contribution in [0.1, 0.15) is 23.0 Å². The number of H-pyrrole nitrogens is 1. The summed E-state index contributed by atoms with van der Waals surface area (Å²) in [6, 6.07) is 18.2. The van der Waals surface area contributed by atoms with Crippen molar-refractivity contribution in [3.63, 3.8) is 0 Å². The Morgan fingerprint density at radius 1 is 1.12 bits per heavy atom. The van der Waals surface area contributed by atoms with Crippen LogP contribution in [0.3, 0.4) is 0 Å². The third-order valence-corrected chi connectivity index (χ3v) is 3.95. The molecule has 0 aliphatic rings. The average molecular weight is 367 g/mol. The summed E-state index contributed by atoms with van der Waals surface area (Å²) in [5.41, 5.74) is 0.930. The fourth-order valence-electron chi connectivity index (χ4n) is 2.47. The lowest BCUT2D eigenvalue weighted by molar-refractivity contribution is 0.0524. The normalized spacial score (nSPS) is 10.3. The van der Waals surface area contributed by atoms with Crippen LogP contribution >= 0.6 is 12.2 Å². The zero-order valence-corrected chi connectivity index (χ0v) is 14.9. The summed E-state index contributed by atoms with van der Waals surface area (Å²) in [4.78, 5) is 25.4. The first-order valence-electron chi connectivity index (χ1n) is 8.05.